The lowest BCUT2D eigenvalue weighted by Gasteiger charge is -2.09. The van der Waals surface area contributed by atoms with Crippen LogP contribution in [0.25, 0.3) is 11.4 Å². The average molecular weight is 372 g/mol. The minimum Gasteiger partial charge on any atom is -0.496 e. The highest BCUT2D eigenvalue weighted by molar-refractivity contribution is 6.33. The molecule has 7 heteroatoms. The number of benzene rings is 2. The fraction of sp³-hybridized carbons (Fsp3) is 0.211. The first-order valence-corrected chi connectivity index (χ1v) is 8.51. The van der Waals surface area contributed by atoms with Gasteiger partial charge in [0.05, 0.1) is 12.1 Å². The third-order valence-electron chi connectivity index (χ3n) is 3.82. The molecule has 2 aromatic carbocycles. The van der Waals surface area contributed by atoms with E-state index in [1.165, 1.54) is 0 Å². The van der Waals surface area contributed by atoms with Crippen molar-refractivity contribution >= 4 is 17.5 Å². The van der Waals surface area contributed by atoms with Crippen LogP contribution < -0.4 is 10.1 Å². The second kappa shape index (κ2) is 8.49. The van der Waals surface area contributed by atoms with Gasteiger partial charge in [-0.15, -0.1) is 0 Å². The highest BCUT2D eigenvalue weighted by Gasteiger charge is 2.13. The molecular weight excluding hydrogens is 354 g/mol. The molecule has 0 aliphatic carbocycles. The van der Waals surface area contributed by atoms with Gasteiger partial charge in [0.15, 0.2) is 0 Å². The van der Waals surface area contributed by atoms with Crippen molar-refractivity contribution in [2.24, 2.45) is 0 Å². The molecule has 134 valence electrons. The normalized spacial score (nSPS) is 10.5. The van der Waals surface area contributed by atoms with Crippen molar-refractivity contribution < 1.29 is 14.1 Å². The smallest absolute Gasteiger partial charge is 0.227 e. The van der Waals surface area contributed by atoms with Crippen LogP contribution in [0.3, 0.4) is 0 Å². The van der Waals surface area contributed by atoms with Crippen molar-refractivity contribution in [1.82, 2.24) is 15.5 Å². The standard InChI is InChI=1S/C19H18ClN3O3/c1-25-16-9-5-2-6-13(16)12-21-17(24)10-11-18-22-19(23-26-18)14-7-3-4-8-15(14)20/h2-9H,10-12H2,1H3,(H,21,24). The topological polar surface area (TPSA) is 77.2 Å². The number of nitrogens with zero attached hydrogens (tertiary/aromatic N) is 2. The first-order valence-electron chi connectivity index (χ1n) is 8.13. The van der Waals surface area contributed by atoms with Crippen molar-refractivity contribution in [2.75, 3.05) is 7.11 Å². The minimum absolute atomic E-state index is 0.103. The number of nitrogens with one attached hydrogen (secondary N) is 1. The van der Waals surface area contributed by atoms with Gasteiger partial charge in [0.1, 0.15) is 5.75 Å². The Bertz CT molecular complexity index is 895. The highest BCUT2D eigenvalue weighted by Crippen LogP contribution is 2.25. The van der Waals surface area contributed by atoms with E-state index < -0.39 is 0 Å². The zero-order valence-electron chi connectivity index (χ0n) is 14.2. The second-order valence-corrected chi connectivity index (χ2v) is 5.99. The molecule has 1 heterocycles. The summed E-state index contributed by atoms with van der Waals surface area (Å²) in [7, 11) is 1.60. The van der Waals surface area contributed by atoms with Crippen LogP contribution in [0.4, 0.5) is 0 Å². The van der Waals surface area contributed by atoms with Crippen LogP contribution in [0.5, 0.6) is 5.75 Å². The van der Waals surface area contributed by atoms with Crippen LogP contribution in [0.15, 0.2) is 53.1 Å². The molecule has 1 aromatic heterocycles. The van der Waals surface area contributed by atoms with Gasteiger partial charge < -0.3 is 14.6 Å². The van der Waals surface area contributed by atoms with Crippen LogP contribution in [0.1, 0.15) is 17.9 Å². The van der Waals surface area contributed by atoms with Gasteiger partial charge in [0.25, 0.3) is 0 Å². The Morgan fingerprint density at radius 1 is 1.19 bits per heavy atom. The van der Waals surface area contributed by atoms with Crippen LogP contribution in [-0.4, -0.2) is 23.2 Å². The van der Waals surface area contributed by atoms with E-state index in [9.17, 15) is 4.79 Å². The summed E-state index contributed by atoms with van der Waals surface area (Å²) in [5, 5.41) is 7.33. The molecule has 1 amide bonds. The van der Waals surface area contributed by atoms with Gasteiger partial charge >= 0.3 is 0 Å². The van der Waals surface area contributed by atoms with Gasteiger partial charge in [-0.1, -0.05) is 47.1 Å². The number of rotatable bonds is 7. The molecule has 6 nitrogen and oxygen atoms in total. The maximum atomic E-state index is 12.1. The van der Waals surface area contributed by atoms with Gasteiger partial charge in [-0.3, -0.25) is 4.79 Å². The molecule has 1 N–H and O–H groups in total. The zero-order valence-corrected chi connectivity index (χ0v) is 15.0. The highest BCUT2D eigenvalue weighted by atomic mass is 35.5. The van der Waals surface area contributed by atoms with E-state index in [-0.39, 0.29) is 12.3 Å². The second-order valence-electron chi connectivity index (χ2n) is 5.58. The van der Waals surface area contributed by atoms with Gasteiger partial charge in [-0.25, -0.2) is 0 Å². The van der Waals surface area contributed by atoms with Gasteiger partial charge in [-0.05, 0) is 18.2 Å². The predicted octanol–water partition coefficient (Wildman–Crippen LogP) is 3.65. The predicted molar refractivity (Wildman–Crippen MR) is 97.9 cm³/mol. The van der Waals surface area contributed by atoms with E-state index in [1.807, 2.05) is 42.5 Å². The molecular formula is C19H18ClN3O3. The molecule has 26 heavy (non-hydrogen) atoms. The number of aryl methyl sites for hydroxylation is 1. The number of aromatic nitrogens is 2. The maximum absolute atomic E-state index is 12.1. The third kappa shape index (κ3) is 4.40. The van der Waals surface area contributed by atoms with Crippen molar-refractivity contribution in [2.45, 2.75) is 19.4 Å². The lowest BCUT2D eigenvalue weighted by atomic mass is 10.2. The molecule has 0 unspecified atom stereocenters. The molecule has 0 aliphatic heterocycles. The molecule has 0 saturated carbocycles. The molecule has 0 radical (unpaired) electrons. The molecule has 3 aromatic rings. The quantitative estimate of drug-likeness (QED) is 0.686. The first-order chi connectivity index (χ1) is 12.7. The summed E-state index contributed by atoms with van der Waals surface area (Å²) in [5.74, 6) is 1.45. The van der Waals surface area contributed by atoms with Crippen molar-refractivity contribution in [3.8, 4) is 17.1 Å². The number of amides is 1. The number of carbonyl (C=O) groups is 1. The molecule has 3 rings (SSSR count). The van der Waals surface area contributed by atoms with E-state index in [0.29, 0.717) is 35.3 Å². The molecule has 0 aliphatic rings. The summed E-state index contributed by atoms with van der Waals surface area (Å²) < 4.78 is 10.5. The number of methoxy groups -OCH3 is 1. The summed E-state index contributed by atoms with van der Waals surface area (Å²) in [5.41, 5.74) is 1.62. The first kappa shape index (κ1) is 17.9. The number of para-hydroxylation sites is 1. The molecule has 0 bridgehead atoms. The number of hydrogen-bond donors (Lipinski definition) is 1. The number of ether oxygens (including phenoxy) is 1. The van der Waals surface area contributed by atoms with E-state index >= 15 is 0 Å². The van der Waals surface area contributed by atoms with Crippen LogP contribution >= 0.6 is 11.6 Å². The Labute approximate surface area is 156 Å². The summed E-state index contributed by atoms with van der Waals surface area (Å²) in [4.78, 5) is 16.4. The monoisotopic (exact) mass is 371 g/mol. The van der Waals surface area contributed by atoms with Crippen molar-refractivity contribution in [3.63, 3.8) is 0 Å². The van der Waals surface area contributed by atoms with E-state index in [4.69, 9.17) is 20.9 Å². The van der Waals surface area contributed by atoms with Gasteiger partial charge in [-0.2, -0.15) is 4.98 Å². The van der Waals surface area contributed by atoms with Crippen molar-refractivity contribution in [3.05, 3.63) is 65.0 Å². The van der Waals surface area contributed by atoms with Crippen LogP contribution in [0.2, 0.25) is 5.02 Å². The minimum atomic E-state index is -0.103. The van der Waals surface area contributed by atoms with Gasteiger partial charge in [0, 0.05) is 30.5 Å². The summed E-state index contributed by atoms with van der Waals surface area (Å²) in [6.45, 7) is 0.400. The lowest BCUT2D eigenvalue weighted by Crippen LogP contribution is -2.23. The molecule has 0 atom stereocenters. The molecule has 0 saturated heterocycles. The van der Waals surface area contributed by atoms with Gasteiger partial charge in [0.2, 0.25) is 17.6 Å². The maximum Gasteiger partial charge on any atom is 0.227 e. The lowest BCUT2D eigenvalue weighted by molar-refractivity contribution is -0.121. The Hall–Kier alpha value is -2.86. The number of halogens is 1. The fourth-order valence-electron chi connectivity index (χ4n) is 2.46. The Kier molecular flexibility index (Phi) is 5.86. The zero-order chi connectivity index (χ0) is 18.4. The number of carbonyl (C=O) groups excluding carboxylic acids is 1. The Balaban J connectivity index is 1.53. The molecule has 0 spiro atoms. The Morgan fingerprint density at radius 3 is 2.77 bits per heavy atom. The van der Waals surface area contributed by atoms with E-state index in [1.54, 1.807) is 13.2 Å². The summed E-state index contributed by atoms with van der Waals surface area (Å²) >= 11 is 6.12. The molecule has 0 fully saturated rings. The third-order valence-corrected chi connectivity index (χ3v) is 4.15. The average Bonchev–Trinajstić information content (AvgIpc) is 3.14. The Morgan fingerprint density at radius 2 is 1.96 bits per heavy atom. The van der Waals surface area contributed by atoms with Crippen LogP contribution in [-0.2, 0) is 17.8 Å². The summed E-state index contributed by atoms with van der Waals surface area (Å²) in [6, 6.07) is 14.8. The SMILES string of the molecule is COc1ccccc1CNC(=O)CCc1nc(-c2ccccc2Cl)no1. The largest absolute Gasteiger partial charge is 0.496 e. The summed E-state index contributed by atoms with van der Waals surface area (Å²) in [6.07, 6.45) is 0.606. The van der Waals surface area contributed by atoms with E-state index in [2.05, 4.69) is 15.5 Å². The van der Waals surface area contributed by atoms with Crippen LogP contribution in [0, 0.1) is 0 Å². The van der Waals surface area contributed by atoms with E-state index in [0.717, 1.165) is 11.3 Å². The number of hydrogen-bond acceptors (Lipinski definition) is 5. The van der Waals surface area contributed by atoms with Crippen molar-refractivity contribution in [1.29, 1.82) is 0 Å². The fourth-order valence-corrected chi connectivity index (χ4v) is 2.68.